The number of aromatic nitrogens is 2. The van der Waals surface area contributed by atoms with Crippen molar-refractivity contribution < 1.29 is 8.42 Å². The third-order valence-corrected chi connectivity index (χ3v) is 6.22. The number of aromatic amines is 1. The van der Waals surface area contributed by atoms with E-state index in [0.29, 0.717) is 24.7 Å². The summed E-state index contributed by atoms with van der Waals surface area (Å²) in [7, 11) is -3.51. The van der Waals surface area contributed by atoms with Gasteiger partial charge in [-0.2, -0.15) is 0 Å². The van der Waals surface area contributed by atoms with Gasteiger partial charge in [0.1, 0.15) is 5.82 Å². The molecule has 3 rings (SSSR count). The van der Waals surface area contributed by atoms with E-state index in [9.17, 15) is 8.42 Å². The molecule has 0 spiro atoms. The zero-order valence-electron chi connectivity index (χ0n) is 14.8. The second-order valence-electron chi connectivity index (χ2n) is 6.59. The largest absolute Gasteiger partial charge is 0.332 e. The average Bonchev–Trinajstić information content (AvgIpc) is 3.24. The van der Waals surface area contributed by atoms with Crippen molar-refractivity contribution in [2.45, 2.75) is 37.6 Å². The van der Waals surface area contributed by atoms with E-state index < -0.39 is 10.0 Å². The lowest BCUT2D eigenvalue weighted by Crippen LogP contribution is -2.34. The minimum atomic E-state index is -3.51. The highest BCUT2D eigenvalue weighted by Crippen LogP contribution is 2.28. The van der Waals surface area contributed by atoms with Gasteiger partial charge in [-0.05, 0) is 36.9 Å². The quantitative estimate of drug-likeness (QED) is 0.790. The van der Waals surface area contributed by atoms with Crippen molar-refractivity contribution >= 4 is 10.0 Å². The fourth-order valence-corrected chi connectivity index (χ4v) is 4.37. The number of likely N-dealkylation sites (tertiary alicyclic amines) is 1. The predicted molar refractivity (Wildman–Crippen MR) is 98.1 cm³/mol. The maximum atomic E-state index is 12.3. The first-order chi connectivity index (χ1) is 12.0. The molecule has 1 aromatic carbocycles. The van der Waals surface area contributed by atoms with Gasteiger partial charge in [-0.25, -0.2) is 18.1 Å². The van der Waals surface area contributed by atoms with Crippen molar-refractivity contribution in [3.63, 3.8) is 0 Å². The number of sulfonamides is 1. The summed E-state index contributed by atoms with van der Waals surface area (Å²) in [6.45, 7) is 7.20. The van der Waals surface area contributed by atoms with Gasteiger partial charge in [-0.1, -0.05) is 31.2 Å². The van der Waals surface area contributed by atoms with Gasteiger partial charge in [0.05, 0.1) is 6.20 Å². The molecule has 2 heterocycles. The van der Waals surface area contributed by atoms with Crippen LogP contribution in [-0.2, 0) is 16.4 Å². The molecule has 2 aromatic rings. The first-order valence-corrected chi connectivity index (χ1v) is 10.3. The SMILES string of the molecule is CCc1ncc(S(=O)(=O)NCCN2CC[C@@H](c3ccccc3C)C2)[nH]1. The first-order valence-electron chi connectivity index (χ1n) is 8.81. The molecular formula is C18H26N4O2S. The Morgan fingerprint density at radius 1 is 1.36 bits per heavy atom. The van der Waals surface area contributed by atoms with Crippen molar-refractivity contribution in [1.82, 2.24) is 19.6 Å². The minimum absolute atomic E-state index is 0.142. The fraction of sp³-hybridized carbons (Fsp3) is 0.500. The van der Waals surface area contributed by atoms with Crippen LogP contribution in [0.3, 0.4) is 0 Å². The summed E-state index contributed by atoms with van der Waals surface area (Å²) in [4.78, 5) is 9.22. The van der Waals surface area contributed by atoms with E-state index in [-0.39, 0.29) is 5.03 Å². The first kappa shape index (κ1) is 18.1. The lowest BCUT2D eigenvalue weighted by Gasteiger charge is -2.17. The van der Waals surface area contributed by atoms with Crippen molar-refractivity contribution in [3.05, 3.63) is 47.4 Å². The highest BCUT2D eigenvalue weighted by molar-refractivity contribution is 7.89. The van der Waals surface area contributed by atoms with E-state index in [1.807, 2.05) is 6.92 Å². The van der Waals surface area contributed by atoms with E-state index in [1.54, 1.807) is 0 Å². The second-order valence-corrected chi connectivity index (χ2v) is 8.32. The van der Waals surface area contributed by atoms with Crippen molar-refractivity contribution in [1.29, 1.82) is 0 Å². The highest BCUT2D eigenvalue weighted by atomic mass is 32.2. The average molecular weight is 362 g/mol. The number of nitrogens with zero attached hydrogens (tertiary/aromatic N) is 2. The number of hydrogen-bond donors (Lipinski definition) is 2. The normalized spacial score (nSPS) is 18.7. The van der Waals surface area contributed by atoms with E-state index in [2.05, 4.69) is 50.8 Å². The molecule has 25 heavy (non-hydrogen) atoms. The monoisotopic (exact) mass is 362 g/mol. The molecule has 0 amide bonds. The lowest BCUT2D eigenvalue weighted by molar-refractivity contribution is 0.339. The van der Waals surface area contributed by atoms with E-state index >= 15 is 0 Å². The van der Waals surface area contributed by atoms with Crippen LogP contribution in [0.4, 0.5) is 0 Å². The van der Waals surface area contributed by atoms with Gasteiger partial charge in [0.15, 0.2) is 5.03 Å². The molecule has 1 aliphatic rings. The van der Waals surface area contributed by atoms with Crippen LogP contribution in [0.5, 0.6) is 0 Å². The maximum absolute atomic E-state index is 12.3. The van der Waals surface area contributed by atoms with Crippen LogP contribution < -0.4 is 4.72 Å². The van der Waals surface area contributed by atoms with E-state index in [4.69, 9.17) is 0 Å². The number of imidazole rings is 1. The zero-order chi connectivity index (χ0) is 17.9. The van der Waals surface area contributed by atoms with Crippen molar-refractivity contribution in [2.24, 2.45) is 0 Å². The molecular weight excluding hydrogens is 336 g/mol. The standard InChI is InChI=1S/C18H26N4O2S/c1-3-17-19-12-18(21-17)25(23,24)20-9-11-22-10-8-15(13-22)16-7-5-4-6-14(16)2/h4-7,12,15,20H,3,8-11,13H2,1-2H3,(H,19,21)/t15-/m1/s1. The Hall–Kier alpha value is -1.70. The molecule has 1 atom stereocenters. The Bertz CT molecular complexity index is 816. The van der Waals surface area contributed by atoms with Crippen LogP contribution in [0.15, 0.2) is 35.5 Å². The van der Waals surface area contributed by atoms with Gasteiger partial charge < -0.3 is 9.88 Å². The fourth-order valence-electron chi connectivity index (χ4n) is 3.41. The molecule has 6 nitrogen and oxygen atoms in total. The zero-order valence-corrected chi connectivity index (χ0v) is 15.6. The van der Waals surface area contributed by atoms with Crippen LogP contribution >= 0.6 is 0 Å². The van der Waals surface area contributed by atoms with Crippen LogP contribution in [0.2, 0.25) is 0 Å². The number of aryl methyl sites for hydroxylation is 2. The van der Waals surface area contributed by atoms with Crippen molar-refractivity contribution in [3.8, 4) is 0 Å². The summed E-state index contributed by atoms with van der Waals surface area (Å²) in [5.74, 6) is 1.22. The van der Waals surface area contributed by atoms with Gasteiger partial charge in [0.25, 0.3) is 10.0 Å². The summed E-state index contributed by atoms with van der Waals surface area (Å²) in [5.41, 5.74) is 2.75. The summed E-state index contributed by atoms with van der Waals surface area (Å²) < 4.78 is 27.2. The summed E-state index contributed by atoms with van der Waals surface area (Å²) >= 11 is 0. The molecule has 2 N–H and O–H groups in total. The van der Waals surface area contributed by atoms with Crippen LogP contribution in [-0.4, -0.2) is 49.5 Å². The minimum Gasteiger partial charge on any atom is -0.332 e. The Balaban J connectivity index is 1.51. The molecule has 0 saturated carbocycles. The predicted octanol–water partition coefficient (Wildman–Crippen LogP) is 2.05. The molecule has 1 aliphatic heterocycles. The number of nitrogens with one attached hydrogen (secondary N) is 2. The number of H-pyrrole nitrogens is 1. The maximum Gasteiger partial charge on any atom is 0.257 e. The van der Waals surface area contributed by atoms with Crippen LogP contribution in [0, 0.1) is 6.92 Å². The highest BCUT2D eigenvalue weighted by Gasteiger charge is 2.25. The van der Waals surface area contributed by atoms with Gasteiger partial charge >= 0.3 is 0 Å². The van der Waals surface area contributed by atoms with Crippen LogP contribution in [0.25, 0.3) is 0 Å². The van der Waals surface area contributed by atoms with E-state index in [0.717, 1.165) is 26.1 Å². The van der Waals surface area contributed by atoms with Gasteiger partial charge in [-0.15, -0.1) is 0 Å². The summed E-state index contributed by atoms with van der Waals surface area (Å²) in [6.07, 6.45) is 3.19. The number of hydrogen-bond acceptors (Lipinski definition) is 4. The van der Waals surface area contributed by atoms with Gasteiger partial charge in [0.2, 0.25) is 0 Å². The molecule has 1 fully saturated rings. The smallest absolute Gasteiger partial charge is 0.257 e. The van der Waals surface area contributed by atoms with Gasteiger partial charge in [0, 0.05) is 26.1 Å². The summed E-state index contributed by atoms with van der Waals surface area (Å²) in [6, 6.07) is 8.52. The molecule has 136 valence electrons. The Morgan fingerprint density at radius 3 is 2.88 bits per heavy atom. The number of benzene rings is 1. The second kappa shape index (κ2) is 7.68. The van der Waals surface area contributed by atoms with Crippen LogP contribution in [0.1, 0.15) is 36.2 Å². The molecule has 1 aromatic heterocycles. The third-order valence-electron chi connectivity index (χ3n) is 4.85. The molecule has 7 heteroatoms. The number of rotatable bonds is 7. The molecule has 1 saturated heterocycles. The van der Waals surface area contributed by atoms with E-state index in [1.165, 1.54) is 17.3 Å². The summed E-state index contributed by atoms with van der Waals surface area (Å²) in [5, 5.41) is 0.142. The van der Waals surface area contributed by atoms with Crippen molar-refractivity contribution in [2.75, 3.05) is 26.2 Å². The molecule has 0 unspecified atom stereocenters. The molecule has 0 bridgehead atoms. The Labute approximate surface area is 149 Å². The topological polar surface area (TPSA) is 78.1 Å². The third kappa shape index (κ3) is 4.29. The molecule has 0 radical (unpaired) electrons. The Kier molecular flexibility index (Phi) is 5.56. The van der Waals surface area contributed by atoms with Gasteiger partial charge in [-0.3, -0.25) is 0 Å². The Morgan fingerprint density at radius 2 is 2.16 bits per heavy atom. The lowest BCUT2D eigenvalue weighted by atomic mass is 9.94. The molecule has 0 aliphatic carbocycles.